The van der Waals surface area contributed by atoms with E-state index in [1.807, 2.05) is 37.3 Å². The molecule has 1 aromatic heterocycles. The number of nitrogens with zero attached hydrogens (tertiary/aromatic N) is 1. The van der Waals surface area contributed by atoms with Gasteiger partial charge in [-0.2, -0.15) is 0 Å². The molecule has 5 heteroatoms. The number of H-pyrrole nitrogens is 1. The minimum atomic E-state index is -1.01. The van der Waals surface area contributed by atoms with E-state index in [1.54, 1.807) is 10.6 Å². The summed E-state index contributed by atoms with van der Waals surface area (Å²) in [6.45, 7) is 1.94. The molecule has 0 aliphatic carbocycles. The van der Waals surface area contributed by atoms with Gasteiger partial charge in [0.1, 0.15) is 0 Å². The molecule has 0 radical (unpaired) electrons. The second-order valence-electron chi connectivity index (χ2n) is 4.92. The first-order valence-electron chi connectivity index (χ1n) is 6.60. The Balaban J connectivity index is 2.17. The van der Waals surface area contributed by atoms with E-state index in [0.717, 1.165) is 5.56 Å². The first-order valence-corrected chi connectivity index (χ1v) is 6.60. The lowest BCUT2D eigenvalue weighted by Crippen LogP contribution is -2.21. The highest BCUT2D eigenvalue weighted by Crippen LogP contribution is 2.21. The van der Waals surface area contributed by atoms with Gasteiger partial charge in [-0.25, -0.2) is 9.59 Å². The molecule has 0 bridgehead atoms. The van der Waals surface area contributed by atoms with Crippen LogP contribution in [0.3, 0.4) is 0 Å². The highest BCUT2D eigenvalue weighted by Gasteiger charge is 2.15. The fraction of sp³-hybridized carbons (Fsp3) is 0.125. The Labute approximate surface area is 120 Å². The summed E-state index contributed by atoms with van der Waals surface area (Å²) >= 11 is 0. The quantitative estimate of drug-likeness (QED) is 0.775. The molecule has 0 amide bonds. The van der Waals surface area contributed by atoms with Crippen LogP contribution in [0.1, 0.15) is 28.9 Å². The van der Waals surface area contributed by atoms with E-state index in [9.17, 15) is 9.59 Å². The molecule has 1 unspecified atom stereocenters. The van der Waals surface area contributed by atoms with Gasteiger partial charge in [0.25, 0.3) is 0 Å². The van der Waals surface area contributed by atoms with Crippen molar-refractivity contribution in [3.05, 3.63) is 70.1 Å². The number of carbonyl (C=O) groups is 1. The Kier molecular flexibility index (Phi) is 3.10. The van der Waals surface area contributed by atoms with Gasteiger partial charge in [0, 0.05) is 0 Å². The smallest absolute Gasteiger partial charge is 0.335 e. The van der Waals surface area contributed by atoms with Crippen LogP contribution in [0.25, 0.3) is 11.0 Å². The van der Waals surface area contributed by atoms with Crippen LogP contribution in [0.4, 0.5) is 0 Å². The van der Waals surface area contributed by atoms with Crippen molar-refractivity contribution in [3.8, 4) is 0 Å². The monoisotopic (exact) mass is 282 g/mol. The van der Waals surface area contributed by atoms with Gasteiger partial charge in [-0.05, 0) is 30.7 Å². The van der Waals surface area contributed by atoms with Gasteiger partial charge in [0.15, 0.2) is 0 Å². The molecule has 0 aliphatic rings. The molecular formula is C16H14N2O3. The maximum Gasteiger partial charge on any atom is 0.335 e. The number of carboxylic acids is 1. The fourth-order valence-electron chi connectivity index (χ4n) is 2.53. The number of benzene rings is 2. The molecule has 106 valence electrons. The lowest BCUT2D eigenvalue weighted by atomic mass is 10.1. The van der Waals surface area contributed by atoms with Gasteiger partial charge in [-0.15, -0.1) is 0 Å². The average molecular weight is 282 g/mol. The average Bonchev–Trinajstić information content (AvgIpc) is 2.82. The van der Waals surface area contributed by atoms with Crippen molar-refractivity contribution in [1.82, 2.24) is 9.55 Å². The Morgan fingerprint density at radius 3 is 2.57 bits per heavy atom. The van der Waals surface area contributed by atoms with Crippen molar-refractivity contribution in [2.75, 3.05) is 0 Å². The molecule has 2 aromatic carbocycles. The topological polar surface area (TPSA) is 75.1 Å². The van der Waals surface area contributed by atoms with E-state index >= 15 is 0 Å². The molecule has 2 N–H and O–H groups in total. The number of aromatic amines is 1. The van der Waals surface area contributed by atoms with Gasteiger partial charge >= 0.3 is 11.7 Å². The number of aromatic carboxylic acids is 1. The molecular weight excluding hydrogens is 268 g/mol. The van der Waals surface area contributed by atoms with Crippen LogP contribution in [0.5, 0.6) is 0 Å². The van der Waals surface area contributed by atoms with Gasteiger partial charge in [-0.3, -0.25) is 4.57 Å². The second kappa shape index (κ2) is 4.94. The molecule has 0 saturated carbocycles. The van der Waals surface area contributed by atoms with E-state index in [-0.39, 0.29) is 17.3 Å². The minimum Gasteiger partial charge on any atom is -0.478 e. The Morgan fingerprint density at radius 2 is 1.90 bits per heavy atom. The number of carboxylic acid groups (broad SMARTS) is 1. The van der Waals surface area contributed by atoms with E-state index in [2.05, 4.69) is 4.98 Å². The van der Waals surface area contributed by atoms with Crippen molar-refractivity contribution in [2.24, 2.45) is 0 Å². The third-order valence-corrected chi connectivity index (χ3v) is 3.63. The summed E-state index contributed by atoms with van der Waals surface area (Å²) in [6.07, 6.45) is 0. The predicted octanol–water partition coefficient (Wildman–Crippen LogP) is 2.64. The standard InChI is InChI=1S/C16H14N2O3/c1-10(11-5-3-2-4-6-11)18-14-8-7-12(15(19)20)9-13(14)17-16(18)21/h2-10H,1H3,(H,17,21)(H,19,20). The summed E-state index contributed by atoms with van der Waals surface area (Å²) in [5.74, 6) is -1.01. The molecule has 3 aromatic rings. The van der Waals surface area contributed by atoms with E-state index in [4.69, 9.17) is 5.11 Å². The zero-order valence-electron chi connectivity index (χ0n) is 11.4. The predicted molar refractivity (Wildman–Crippen MR) is 79.8 cm³/mol. The molecule has 1 atom stereocenters. The molecule has 21 heavy (non-hydrogen) atoms. The Bertz CT molecular complexity index is 862. The summed E-state index contributed by atoms with van der Waals surface area (Å²) in [4.78, 5) is 25.9. The number of hydrogen-bond acceptors (Lipinski definition) is 2. The third kappa shape index (κ3) is 2.23. The van der Waals surface area contributed by atoms with E-state index in [0.29, 0.717) is 11.0 Å². The molecule has 0 fully saturated rings. The molecule has 0 saturated heterocycles. The van der Waals surface area contributed by atoms with Crippen LogP contribution in [0.15, 0.2) is 53.3 Å². The van der Waals surface area contributed by atoms with E-state index in [1.165, 1.54) is 12.1 Å². The SMILES string of the molecule is CC(c1ccccc1)n1c(=O)[nH]c2cc(C(=O)O)ccc21. The van der Waals surface area contributed by atoms with Crippen molar-refractivity contribution in [3.63, 3.8) is 0 Å². The number of nitrogens with one attached hydrogen (secondary N) is 1. The summed E-state index contributed by atoms with van der Waals surface area (Å²) in [5, 5.41) is 9.01. The zero-order valence-corrected chi connectivity index (χ0v) is 11.4. The zero-order chi connectivity index (χ0) is 15.0. The largest absolute Gasteiger partial charge is 0.478 e. The second-order valence-corrected chi connectivity index (χ2v) is 4.92. The fourth-order valence-corrected chi connectivity index (χ4v) is 2.53. The highest BCUT2D eigenvalue weighted by molar-refractivity contribution is 5.92. The number of imidazole rings is 1. The summed E-state index contributed by atoms with van der Waals surface area (Å²) in [5.41, 5.74) is 2.15. The van der Waals surface area contributed by atoms with Gasteiger partial charge in [0.2, 0.25) is 0 Å². The first-order chi connectivity index (χ1) is 10.1. The molecule has 5 nitrogen and oxygen atoms in total. The minimum absolute atomic E-state index is 0.136. The number of fused-ring (bicyclic) bond motifs is 1. The van der Waals surface area contributed by atoms with E-state index < -0.39 is 5.97 Å². The Morgan fingerprint density at radius 1 is 1.19 bits per heavy atom. The highest BCUT2D eigenvalue weighted by atomic mass is 16.4. The van der Waals surface area contributed by atoms with Crippen molar-refractivity contribution in [2.45, 2.75) is 13.0 Å². The lowest BCUT2D eigenvalue weighted by Gasteiger charge is -2.13. The lowest BCUT2D eigenvalue weighted by molar-refractivity contribution is 0.0697. The number of rotatable bonds is 3. The summed E-state index contributed by atoms with van der Waals surface area (Å²) in [6, 6.07) is 14.2. The Hall–Kier alpha value is -2.82. The van der Waals surface area contributed by atoms with Crippen LogP contribution >= 0.6 is 0 Å². The number of aromatic nitrogens is 2. The van der Waals surface area contributed by atoms with Gasteiger partial charge in [-0.1, -0.05) is 30.3 Å². The third-order valence-electron chi connectivity index (χ3n) is 3.63. The maximum absolute atomic E-state index is 12.2. The maximum atomic E-state index is 12.2. The van der Waals surface area contributed by atoms with Crippen LogP contribution in [-0.2, 0) is 0 Å². The van der Waals surface area contributed by atoms with Crippen molar-refractivity contribution >= 4 is 17.0 Å². The summed E-state index contributed by atoms with van der Waals surface area (Å²) < 4.78 is 1.64. The molecule has 1 heterocycles. The van der Waals surface area contributed by atoms with Gasteiger partial charge < -0.3 is 10.1 Å². The van der Waals surface area contributed by atoms with Crippen LogP contribution in [0.2, 0.25) is 0 Å². The van der Waals surface area contributed by atoms with Crippen LogP contribution in [0, 0.1) is 0 Å². The molecule has 3 rings (SSSR count). The van der Waals surface area contributed by atoms with Crippen LogP contribution in [-0.4, -0.2) is 20.6 Å². The first kappa shape index (κ1) is 13.2. The normalized spacial score (nSPS) is 12.4. The van der Waals surface area contributed by atoms with Gasteiger partial charge in [0.05, 0.1) is 22.6 Å². The molecule has 0 spiro atoms. The summed E-state index contributed by atoms with van der Waals surface area (Å²) in [7, 11) is 0. The molecule has 0 aliphatic heterocycles. The van der Waals surface area contributed by atoms with Crippen molar-refractivity contribution < 1.29 is 9.90 Å². The number of hydrogen-bond donors (Lipinski definition) is 2. The van der Waals surface area contributed by atoms with Crippen molar-refractivity contribution in [1.29, 1.82) is 0 Å². The van der Waals surface area contributed by atoms with Crippen LogP contribution < -0.4 is 5.69 Å².